The van der Waals surface area contributed by atoms with Gasteiger partial charge in [-0.1, -0.05) is 12.1 Å². The van der Waals surface area contributed by atoms with Crippen molar-refractivity contribution in [3.05, 3.63) is 29.8 Å². The SMILES string of the molecule is COc1ccc(CN2CCC(CN=C(N)NC3CC3)CC2)cc1. The van der Waals surface area contributed by atoms with Gasteiger partial charge in [-0.15, -0.1) is 0 Å². The van der Waals surface area contributed by atoms with E-state index in [-0.39, 0.29) is 0 Å². The van der Waals surface area contributed by atoms with Crippen molar-refractivity contribution in [2.45, 2.75) is 38.3 Å². The lowest BCUT2D eigenvalue weighted by Gasteiger charge is -2.31. The van der Waals surface area contributed by atoms with E-state index in [1.165, 1.54) is 31.2 Å². The zero-order chi connectivity index (χ0) is 16.1. The molecule has 1 heterocycles. The van der Waals surface area contributed by atoms with Gasteiger partial charge in [-0.05, 0) is 62.4 Å². The molecule has 3 rings (SSSR count). The van der Waals surface area contributed by atoms with Gasteiger partial charge >= 0.3 is 0 Å². The van der Waals surface area contributed by atoms with Crippen LogP contribution in [0.3, 0.4) is 0 Å². The number of nitrogens with one attached hydrogen (secondary N) is 1. The normalized spacial score (nSPS) is 20.5. The van der Waals surface area contributed by atoms with Gasteiger partial charge in [-0.2, -0.15) is 0 Å². The van der Waals surface area contributed by atoms with Gasteiger partial charge in [0.25, 0.3) is 0 Å². The number of rotatable bonds is 6. The van der Waals surface area contributed by atoms with Crippen LogP contribution in [-0.4, -0.2) is 43.6 Å². The van der Waals surface area contributed by atoms with Gasteiger partial charge in [0.15, 0.2) is 5.96 Å². The maximum absolute atomic E-state index is 5.90. The number of likely N-dealkylation sites (tertiary alicyclic amines) is 1. The van der Waals surface area contributed by atoms with E-state index in [1.807, 2.05) is 12.1 Å². The minimum absolute atomic E-state index is 0.588. The molecule has 1 aliphatic carbocycles. The zero-order valence-corrected chi connectivity index (χ0v) is 14.0. The highest BCUT2D eigenvalue weighted by Crippen LogP contribution is 2.21. The Morgan fingerprint density at radius 2 is 1.91 bits per heavy atom. The molecule has 0 atom stereocenters. The summed E-state index contributed by atoms with van der Waals surface area (Å²) in [5.74, 6) is 2.22. The number of nitrogens with zero attached hydrogens (tertiary/aromatic N) is 2. The summed E-state index contributed by atoms with van der Waals surface area (Å²) < 4.78 is 5.21. The Bertz CT molecular complexity index is 516. The number of hydrogen-bond donors (Lipinski definition) is 2. The van der Waals surface area contributed by atoms with Crippen LogP contribution in [0, 0.1) is 5.92 Å². The molecule has 126 valence electrons. The summed E-state index contributed by atoms with van der Waals surface area (Å²) in [6, 6.07) is 8.96. The Balaban J connectivity index is 1.39. The third kappa shape index (κ3) is 5.13. The highest BCUT2D eigenvalue weighted by Gasteiger charge is 2.22. The number of hydrogen-bond acceptors (Lipinski definition) is 3. The van der Waals surface area contributed by atoms with E-state index in [2.05, 4.69) is 27.3 Å². The van der Waals surface area contributed by atoms with Crippen molar-refractivity contribution in [1.29, 1.82) is 0 Å². The number of methoxy groups -OCH3 is 1. The van der Waals surface area contributed by atoms with Crippen LogP contribution in [0.5, 0.6) is 5.75 Å². The summed E-state index contributed by atoms with van der Waals surface area (Å²) in [6.07, 6.45) is 4.88. The van der Waals surface area contributed by atoms with Crippen molar-refractivity contribution in [3.8, 4) is 5.75 Å². The van der Waals surface area contributed by atoms with Crippen LogP contribution < -0.4 is 15.8 Å². The highest BCUT2D eigenvalue weighted by molar-refractivity contribution is 5.78. The molecule has 2 aliphatic rings. The minimum Gasteiger partial charge on any atom is -0.497 e. The van der Waals surface area contributed by atoms with Gasteiger partial charge in [0, 0.05) is 19.1 Å². The summed E-state index contributed by atoms with van der Waals surface area (Å²) in [6.45, 7) is 4.16. The van der Waals surface area contributed by atoms with Crippen LogP contribution in [0.2, 0.25) is 0 Å². The van der Waals surface area contributed by atoms with Crippen molar-refractivity contribution in [2.75, 3.05) is 26.7 Å². The summed E-state index contributed by atoms with van der Waals surface area (Å²) >= 11 is 0. The second-order valence-electron chi connectivity index (χ2n) is 6.71. The fourth-order valence-corrected chi connectivity index (χ4v) is 3.03. The van der Waals surface area contributed by atoms with E-state index in [0.29, 0.717) is 17.9 Å². The molecule has 0 spiro atoms. The molecule has 1 saturated carbocycles. The second-order valence-corrected chi connectivity index (χ2v) is 6.71. The summed E-state index contributed by atoms with van der Waals surface area (Å²) in [5, 5.41) is 3.25. The largest absolute Gasteiger partial charge is 0.497 e. The lowest BCUT2D eigenvalue weighted by Crippen LogP contribution is -2.36. The molecule has 0 aromatic heterocycles. The predicted molar refractivity (Wildman–Crippen MR) is 93.6 cm³/mol. The number of piperidine rings is 1. The third-order valence-corrected chi connectivity index (χ3v) is 4.72. The molecule has 0 unspecified atom stereocenters. The molecule has 23 heavy (non-hydrogen) atoms. The Morgan fingerprint density at radius 3 is 2.52 bits per heavy atom. The smallest absolute Gasteiger partial charge is 0.188 e. The van der Waals surface area contributed by atoms with E-state index < -0.39 is 0 Å². The number of aliphatic imine (C=N–C) groups is 1. The van der Waals surface area contributed by atoms with Crippen LogP contribution in [0.15, 0.2) is 29.3 Å². The van der Waals surface area contributed by atoms with Gasteiger partial charge < -0.3 is 15.8 Å². The van der Waals surface area contributed by atoms with Gasteiger partial charge in [-0.3, -0.25) is 9.89 Å². The lowest BCUT2D eigenvalue weighted by atomic mass is 9.96. The average molecular weight is 316 g/mol. The van der Waals surface area contributed by atoms with E-state index >= 15 is 0 Å². The zero-order valence-electron chi connectivity index (χ0n) is 14.0. The Morgan fingerprint density at radius 1 is 1.22 bits per heavy atom. The number of ether oxygens (including phenoxy) is 1. The maximum atomic E-state index is 5.90. The Hall–Kier alpha value is -1.75. The van der Waals surface area contributed by atoms with Crippen LogP contribution >= 0.6 is 0 Å². The molecule has 1 aromatic carbocycles. The molecule has 0 amide bonds. The summed E-state index contributed by atoms with van der Waals surface area (Å²) in [7, 11) is 1.70. The maximum Gasteiger partial charge on any atom is 0.188 e. The molecule has 1 saturated heterocycles. The summed E-state index contributed by atoms with van der Waals surface area (Å²) in [5.41, 5.74) is 7.25. The van der Waals surface area contributed by atoms with Crippen molar-refractivity contribution >= 4 is 5.96 Å². The van der Waals surface area contributed by atoms with Crippen LogP contribution in [-0.2, 0) is 6.54 Å². The van der Waals surface area contributed by atoms with E-state index in [0.717, 1.165) is 31.9 Å². The van der Waals surface area contributed by atoms with E-state index in [9.17, 15) is 0 Å². The van der Waals surface area contributed by atoms with Crippen LogP contribution in [0.25, 0.3) is 0 Å². The lowest BCUT2D eigenvalue weighted by molar-refractivity contribution is 0.180. The number of benzene rings is 1. The molecule has 1 aliphatic heterocycles. The first kappa shape index (κ1) is 16.1. The quantitative estimate of drug-likeness (QED) is 0.622. The molecule has 1 aromatic rings. The Labute approximate surface area is 138 Å². The monoisotopic (exact) mass is 316 g/mol. The highest BCUT2D eigenvalue weighted by atomic mass is 16.5. The molecular weight excluding hydrogens is 288 g/mol. The topological polar surface area (TPSA) is 62.9 Å². The molecular formula is C18H28N4O. The molecule has 2 fully saturated rings. The molecule has 5 nitrogen and oxygen atoms in total. The number of guanidine groups is 1. The fraction of sp³-hybridized carbons (Fsp3) is 0.611. The predicted octanol–water partition coefficient (Wildman–Crippen LogP) is 1.97. The van der Waals surface area contributed by atoms with Crippen molar-refractivity contribution < 1.29 is 4.74 Å². The number of nitrogens with two attached hydrogens (primary N) is 1. The minimum atomic E-state index is 0.588. The Kier molecular flexibility index (Phi) is 5.39. The van der Waals surface area contributed by atoms with Gasteiger partial charge in [0.2, 0.25) is 0 Å². The molecule has 0 radical (unpaired) electrons. The van der Waals surface area contributed by atoms with Crippen LogP contribution in [0.1, 0.15) is 31.2 Å². The van der Waals surface area contributed by atoms with Crippen molar-refractivity contribution in [3.63, 3.8) is 0 Å². The van der Waals surface area contributed by atoms with Gasteiger partial charge in [0.1, 0.15) is 5.75 Å². The van der Waals surface area contributed by atoms with Gasteiger partial charge in [0.05, 0.1) is 7.11 Å². The van der Waals surface area contributed by atoms with E-state index in [4.69, 9.17) is 10.5 Å². The molecule has 5 heteroatoms. The van der Waals surface area contributed by atoms with Gasteiger partial charge in [-0.25, -0.2) is 0 Å². The summed E-state index contributed by atoms with van der Waals surface area (Å²) in [4.78, 5) is 7.03. The first-order valence-corrected chi connectivity index (χ1v) is 8.64. The third-order valence-electron chi connectivity index (χ3n) is 4.72. The van der Waals surface area contributed by atoms with Crippen LogP contribution in [0.4, 0.5) is 0 Å². The molecule has 0 bridgehead atoms. The fourth-order valence-electron chi connectivity index (χ4n) is 3.03. The second kappa shape index (κ2) is 7.68. The van der Waals surface area contributed by atoms with E-state index in [1.54, 1.807) is 7.11 Å². The first-order chi connectivity index (χ1) is 11.2. The van der Waals surface area contributed by atoms with Crippen molar-refractivity contribution in [1.82, 2.24) is 10.2 Å². The van der Waals surface area contributed by atoms with Crippen molar-refractivity contribution in [2.24, 2.45) is 16.6 Å². The standard InChI is InChI=1S/C18H28N4O/c1-23-17-6-2-15(3-7-17)13-22-10-8-14(9-11-22)12-20-18(19)21-16-4-5-16/h2-3,6-7,14,16H,4-5,8-13H2,1H3,(H3,19,20,21). The molecule has 3 N–H and O–H groups in total. The first-order valence-electron chi connectivity index (χ1n) is 8.64. The average Bonchev–Trinajstić information content (AvgIpc) is 3.39.